The van der Waals surface area contributed by atoms with Crippen LogP contribution in [0.1, 0.15) is 12.8 Å². The fraction of sp³-hybridized carbons (Fsp3) is 0.273. The van der Waals surface area contributed by atoms with E-state index in [4.69, 9.17) is 0 Å². The number of amides is 1. The molecule has 1 saturated heterocycles. The van der Waals surface area contributed by atoms with Gasteiger partial charge in [0.25, 0.3) is 0 Å². The molecule has 0 aromatic heterocycles. The zero-order chi connectivity index (χ0) is 11.7. The first kappa shape index (κ1) is 11.3. The molecule has 0 spiro atoms. The van der Waals surface area contributed by atoms with Crippen LogP contribution in [-0.4, -0.2) is 18.2 Å². The van der Waals surface area contributed by atoms with Gasteiger partial charge < -0.3 is 4.90 Å². The van der Waals surface area contributed by atoms with Crippen LogP contribution < -0.4 is 4.90 Å². The number of benzene rings is 1. The zero-order valence-corrected chi connectivity index (χ0v) is 9.96. The number of Topliss-reactive ketones (excluding diaryl/α,β-unsaturated/α-hetero) is 1. The molecule has 0 radical (unpaired) electrons. The van der Waals surface area contributed by atoms with E-state index in [1.165, 1.54) is 17.0 Å². The first-order chi connectivity index (χ1) is 7.58. The van der Waals surface area contributed by atoms with Gasteiger partial charge in [0.05, 0.1) is 10.9 Å². The molecule has 84 valence electrons. The molecule has 1 aromatic carbocycles. The van der Waals surface area contributed by atoms with E-state index in [1.807, 2.05) is 0 Å². The molecular weight excluding hydrogens is 277 g/mol. The summed E-state index contributed by atoms with van der Waals surface area (Å²) < 4.78 is 13.3. The molecule has 1 heterocycles. The van der Waals surface area contributed by atoms with Crippen LogP contribution in [0.15, 0.2) is 22.7 Å². The Balaban J connectivity index is 2.27. The van der Waals surface area contributed by atoms with Crippen LogP contribution in [0.4, 0.5) is 10.1 Å². The molecular formula is C11H9BrFNO2. The second kappa shape index (κ2) is 4.33. The van der Waals surface area contributed by atoms with E-state index in [2.05, 4.69) is 15.9 Å². The summed E-state index contributed by atoms with van der Waals surface area (Å²) in [4.78, 5) is 24.2. The molecule has 0 unspecified atom stereocenters. The molecule has 1 amide bonds. The first-order valence-corrected chi connectivity index (χ1v) is 5.64. The molecule has 1 aliphatic heterocycles. The normalized spacial score (nSPS) is 16.8. The molecule has 16 heavy (non-hydrogen) atoms. The summed E-state index contributed by atoms with van der Waals surface area (Å²) in [5.74, 6) is -0.638. The van der Waals surface area contributed by atoms with Crippen molar-refractivity contribution in [3.8, 4) is 0 Å². The SMILES string of the molecule is O=C1CCN(c2ccc(F)c(Br)c2)C(=O)C1. The quantitative estimate of drug-likeness (QED) is 0.743. The van der Waals surface area contributed by atoms with Gasteiger partial charge in [-0.3, -0.25) is 9.59 Å². The zero-order valence-electron chi connectivity index (χ0n) is 8.37. The average molecular weight is 286 g/mol. The van der Waals surface area contributed by atoms with Gasteiger partial charge >= 0.3 is 0 Å². The van der Waals surface area contributed by atoms with Crippen LogP contribution in [0.5, 0.6) is 0 Å². The molecule has 3 nitrogen and oxygen atoms in total. The molecule has 0 atom stereocenters. The predicted octanol–water partition coefficient (Wildman–Crippen LogP) is 2.28. The first-order valence-electron chi connectivity index (χ1n) is 4.85. The Morgan fingerprint density at radius 2 is 2.06 bits per heavy atom. The summed E-state index contributed by atoms with van der Waals surface area (Å²) in [5, 5.41) is 0. The highest BCUT2D eigenvalue weighted by Gasteiger charge is 2.25. The van der Waals surface area contributed by atoms with Crippen molar-refractivity contribution in [2.24, 2.45) is 0 Å². The van der Waals surface area contributed by atoms with Crippen molar-refractivity contribution < 1.29 is 14.0 Å². The molecule has 0 aliphatic carbocycles. The van der Waals surface area contributed by atoms with Crippen molar-refractivity contribution in [1.82, 2.24) is 0 Å². The smallest absolute Gasteiger partial charge is 0.234 e. The number of halogens is 2. The summed E-state index contributed by atoms with van der Waals surface area (Å²) in [6.07, 6.45) is 0.301. The average Bonchev–Trinajstić information content (AvgIpc) is 2.22. The van der Waals surface area contributed by atoms with Crippen LogP contribution >= 0.6 is 15.9 Å². The van der Waals surface area contributed by atoms with Crippen LogP contribution in [0.3, 0.4) is 0 Å². The second-order valence-corrected chi connectivity index (χ2v) is 4.46. The number of nitrogens with zero attached hydrogens (tertiary/aromatic N) is 1. The number of ketones is 1. The lowest BCUT2D eigenvalue weighted by Gasteiger charge is -2.26. The van der Waals surface area contributed by atoms with Crippen molar-refractivity contribution in [3.63, 3.8) is 0 Å². The lowest BCUT2D eigenvalue weighted by molar-refractivity contribution is -0.128. The topological polar surface area (TPSA) is 37.4 Å². The maximum Gasteiger partial charge on any atom is 0.234 e. The van der Waals surface area contributed by atoms with Gasteiger partial charge in [-0.1, -0.05) is 0 Å². The minimum absolute atomic E-state index is 0.0394. The summed E-state index contributed by atoms with van der Waals surface area (Å²) in [5.41, 5.74) is 0.616. The maximum atomic E-state index is 13.0. The van der Waals surface area contributed by atoms with E-state index < -0.39 is 0 Å². The molecule has 5 heteroatoms. The van der Waals surface area contributed by atoms with E-state index in [-0.39, 0.29) is 23.9 Å². The van der Waals surface area contributed by atoms with E-state index in [0.29, 0.717) is 23.1 Å². The second-order valence-electron chi connectivity index (χ2n) is 3.61. The van der Waals surface area contributed by atoms with Crippen molar-refractivity contribution in [3.05, 3.63) is 28.5 Å². The van der Waals surface area contributed by atoms with Gasteiger partial charge in [-0.15, -0.1) is 0 Å². The highest BCUT2D eigenvalue weighted by molar-refractivity contribution is 9.10. The lowest BCUT2D eigenvalue weighted by Crippen LogP contribution is -2.39. The molecule has 0 saturated carbocycles. The Morgan fingerprint density at radius 3 is 2.69 bits per heavy atom. The van der Waals surface area contributed by atoms with E-state index in [1.54, 1.807) is 6.07 Å². The molecule has 1 aliphatic rings. The molecule has 0 N–H and O–H groups in total. The summed E-state index contributed by atoms with van der Waals surface area (Å²) in [7, 11) is 0. The molecule has 2 rings (SSSR count). The van der Waals surface area contributed by atoms with Crippen molar-refractivity contribution >= 4 is 33.3 Å². The maximum absolute atomic E-state index is 13.0. The van der Waals surface area contributed by atoms with Crippen LogP contribution in [0.25, 0.3) is 0 Å². The lowest BCUT2D eigenvalue weighted by atomic mass is 10.1. The standard InChI is InChI=1S/C11H9BrFNO2/c12-9-5-7(1-2-10(9)13)14-4-3-8(15)6-11(14)16/h1-2,5H,3-4,6H2. The summed E-state index contributed by atoms with van der Waals surface area (Å²) in [6, 6.07) is 4.37. The Kier molecular flexibility index (Phi) is 3.05. The van der Waals surface area contributed by atoms with Crippen LogP contribution in [-0.2, 0) is 9.59 Å². The highest BCUT2D eigenvalue weighted by atomic mass is 79.9. The fourth-order valence-electron chi connectivity index (χ4n) is 1.64. The third kappa shape index (κ3) is 2.14. The van der Waals surface area contributed by atoms with E-state index >= 15 is 0 Å². The van der Waals surface area contributed by atoms with Crippen LogP contribution in [0.2, 0.25) is 0 Å². The number of hydrogen-bond donors (Lipinski definition) is 0. The number of carbonyl (C=O) groups excluding carboxylic acids is 2. The van der Waals surface area contributed by atoms with Gasteiger partial charge in [0, 0.05) is 18.7 Å². The Labute approximate surface area is 100 Å². The van der Waals surface area contributed by atoms with Gasteiger partial charge in [0.2, 0.25) is 5.91 Å². The Hall–Kier alpha value is -1.23. The number of hydrogen-bond acceptors (Lipinski definition) is 2. The fourth-order valence-corrected chi connectivity index (χ4v) is 2.01. The Morgan fingerprint density at radius 1 is 1.31 bits per heavy atom. The third-order valence-electron chi connectivity index (χ3n) is 2.48. The highest BCUT2D eigenvalue weighted by Crippen LogP contribution is 2.25. The summed E-state index contributed by atoms with van der Waals surface area (Å²) in [6.45, 7) is 0.371. The monoisotopic (exact) mass is 285 g/mol. The van der Waals surface area contributed by atoms with Crippen LogP contribution in [0, 0.1) is 5.82 Å². The molecule has 1 aromatic rings. The molecule has 1 fully saturated rings. The van der Waals surface area contributed by atoms with E-state index in [9.17, 15) is 14.0 Å². The van der Waals surface area contributed by atoms with Crippen molar-refractivity contribution in [2.75, 3.05) is 11.4 Å². The molecule has 0 bridgehead atoms. The van der Waals surface area contributed by atoms with Crippen molar-refractivity contribution in [1.29, 1.82) is 0 Å². The largest absolute Gasteiger partial charge is 0.312 e. The number of piperidine rings is 1. The third-order valence-corrected chi connectivity index (χ3v) is 3.09. The number of rotatable bonds is 1. The Bertz CT molecular complexity index is 461. The van der Waals surface area contributed by atoms with Crippen molar-refractivity contribution in [2.45, 2.75) is 12.8 Å². The minimum Gasteiger partial charge on any atom is -0.312 e. The minimum atomic E-state index is -0.371. The van der Waals surface area contributed by atoms with Gasteiger partial charge in [0.1, 0.15) is 11.6 Å². The predicted molar refractivity (Wildman–Crippen MR) is 60.7 cm³/mol. The summed E-state index contributed by atoms with van der Waals surface area (Å²) >= 11 is 3.06. The van der Waals surface area contributed by atoms with Gasteiger partial charge in [-0.2, -0.15) is 0 Å². The number of carbonyl (C=O) groups is 2. The van der Waals surface area contributed by atoms with Gasteiger partial charge in [-0.25, -0.2) is 4.39 Å². The van der Waals surface area contributed by atoms with E-state index in [0.717, 1.165) is 0 Å². The van der Waals surface area contributed by atoms with Gasteiger partial charge in [-0.05, 0) is 34.1 Å². The van der Waals surface area contributed by atoms with Gasteiger partial charge in [0.15, 0.2) is 0 Å². The number of anilines is 1.